The first-order valence-electron chi connectivity index (χ1n) is 3.71. The lowest BCUT2D eigenvalue weighted by atomic mass is 9.95. The molecule has 0 radical (unpaired) electrons. The molecule has 2 unspecified atom stereocenters. The van der Waals surface area contributed by atoms with Gasteiger partial charge in [-0.15, -0.1) is 0 Å². The molecular weight excluding hydrogens is 150 g/mol. The zero-order valence-electron chi connectivity index (χ0n) is 5.71. The van der Waals surface area contributed by atoms with Crippen molar-refractivity contribution in [1.29, 1.82) is 0 Å². The van der Waals surface area contributed by atoms with Crippen LogP contribution in [0.1, 0.15) is 25.7 Å². The molecule has 1 aliphatic carbocycles. The molecule has 4 heteroatoms. The second kappa shape index (κ2) is 1.95. The van der Waals surface area contributed by atoms with Crippen LogP contribution < -0.4 is 4.72 Å². The summed E-state index contributed by atoms with van der Waals surface area (Å²) in [6.07, 6.45) is 4.19. The maximum absolute atomic E-state index is 10.9. The van der Waals surface area contributed by atoms with Gasteiger partial charge in [0, 0.05) is 6.04 Å². The Balaban J connectivity index is 2.15. The maximum Gasteiger partial charge on any atom is 0.216 e. The average molecular weight is 161 g/mol. The highest BCUT2D eigenvalue weighted by Crippen LogP contribution is 2.30. The first kappa shape index (κ1) is 6.61. The van der Waals surface area contributed by atoms with Crippen LogP contribution in [0.2, 0.25) is 0 Å². The minimum Gasteiger partial charge on any atom is -0.212 e. The molecule has 0 aromatic rings. The molecule has 0 aromatic carbocycles. The van der Waals surface area contributed by atoms with Crippen molar-refractivity contribution in [3.8, 4) is 0 Å². The summed E-state index contributed by atoms with van der Waals surface area (Å²) in [7, 11) is -2.83. The van der Waals surface area contributed by atoms with Gasteiger partial charge in [0.15, 0.2) is 0 Å². The Hall–Kier alpha value is -0.0900. The maximum atomic E-state index is 10.9. The molecule has 58 valence electrons. The summed E-state index contributed by atoms with van der Waals surface area (Å²) in [6, 6.07) is 0.291. The molecule has 2 rings (SSSR count). The van der Waals surface area contributed by atoms with Gasteiger partial charge in [-0.3, -0.25) is 0 Å². The summed E-state index contributed by atoms with van der Waals surface area (Å²) in [5, 5.41) is -0.0405. The highest BCUT2D eigenvalue weighted by atomic mass is 32.2. The quantitative estimate of drug-likeness (QED) is 0.553. The fraction of sp³-hybridized carbons (Fsp3) is 1.00. The molecule has 2 aliphatic rings. The molecule has 1 N–H and O–H groups in total. The van der Waals surface area contributed by atoms with Gasteiger partial charge in [0.25, 0.3) is 0 Å². The van der Waals surface area contributed by atoms with Crippen molar-refractivity contribution in [2.45, 2.75) is 37.0 Å². The second-order valence-electron chi connectivity index (χ2n) is 3.09. The summed E-state index contributed by atoms with van der Waals surface area (Å²) >= 11 is 0. The molecule has 0 aromatic heterocycles. The van der Waals surface area contributed by atoms with Crippen molar-refractivity contribution < 1.29 is 8.42 Å². The molecule has 0 bridgehead atoms. The zero-order valence-corrected chi connectivity index (χ0v) is 6.52. The van der Waals surface area contributed by atoms with Gasteiger partial charge in [-0.05, 0) is 12.8 Å². The SMILES string of the molecule is O=S1(=O)NC2CCCCC21. The Morgan fingerprint density at radius 1 is 1.20 bits per heavy atom. The molecule has 0 spiro atoms. The van der Waals surface area contributed by atoms with Crippen LogP contribution in [-0.2, 0) is 10.0 Å². The summed E-state index contributed by atoms with van der Waals surface area (Å²) in [5.74, 6) is 0. The van der Waals surface area contributed by atoms with Crippen LogP contribution in [0.4, 0.5) is 0 Å². The van der Waals surface area contributed by atoms with Crippen molar-refractivity contribution in [3.05, 3.63) is 0 Å². The van der Waals surface area contributed by atoms with Crippen molar-refractivity contribution in [2.24, 2.45) is 0 Å². The standard InChI is InChI=1S/C6H11NO2S/c8-10(9)6-4-2-1-3-5(6)7-10/h5-7H,1-4H2. The summed E-state index contributed by atoms with van der Waals surface area (Å²) in [5.41, 5.74) is 0. The predicted molar refractivity (Wildman–Crippen MR) is 38.1 cm³/mol. The van der Waals surface area contributed by atoms with Gasteiger partial charge in [-0.1, -0.05) is 12.8 Å². The molecular formula is C6H11NO2S. The molecule has 1 heterocycles. The number of fused-ring (bicyclic) bond motifs is 1. The van der Waals surface area contributed by atoms with E-state index in [9.17, 15) is 8.42 Å². The van der Waals surface area contributed by atoms with Gasteiger partial charge < -0.3 is 0 Å². The fourth-order valence-corrected chi connectivity index (χ4v) is 3.60. The topological polar surface area (TPSA) is 46.2 Å². The van der Waals surface area contributed by atoms with Crippen molar-refractivity contribution in [3.63, 3.8) is 0 Å². The van der Waals surface area contributed by atoms with Crippen molar-refractivity contribution >= 4 is 10.0 Å². The van der Waals surface area contributed by atoms with E-state index in [1.165, 1.54) is 6.42 Å². The molecule has 1 saturated carbocycles. The molecule has 1 saturated heterocycles. The van der Waals surface area contributed by atoms with Gasteiger partial charge >= 0.3 is 0 Å². The first-order valence-corrected chi connectivity index (χ1v) is 5.26. The average Bonchev–Trinajstić information content (AvgIpc) is 1.86. The van der Waals surface area contributed by atoms with Crippen LogP contribution in [0.25, 0.3) is 0 Å². The molecule has 10 heavy (non-hydrogen) atoms. The Bertz CT molecular complexity index is 234. The molecule has 3 nitrogen and oxygen atoms in total. The van der Waals surface area contributed by atoms with Crippen molar-refractivity contribution in [2.75, 3.05) is 0 Å². The van der Waals surface area contributed by atoms with Crippen LogP contribution in [0.5, 0.6) is 0 Å². The minimum absolute atomic E-state index is 0.0405. The van der Waals surface area contributed by atoms with Crippen LogP contribution in [0, 0.1) is 0 Å². The van der Waals surface area contributed by atoms with Crippen LogP contribution in [0.3, 0.4) is 0 Å². The number of hydrogen-bond donors (Lipinski definition) is 1. The highest BCUT2D eigenvalue weighted by molar-refractivity contribution is 7.91. The number of sulfonamides is 1. The zero-order chi connectivity index (χ0) is 7.19. The second-order valence-corrected chi connectivity index (χ2v) is 5.02. The Kier molecular flexibility index (Phi) is 1.29. The van der Waals surface area contributed by atoms with E-state index in [-0.39, 0.29) is 5.25 Å². The van der Waals surface area contributed by atoms with E-state index in [1.807, 2.05) is 0 Å². The lowest BCUT2D eigenvalue weighted by Crippen LogP contribution is -2.62. The van der Waals surface area contributed by atoms with Gasteiger partial charge in [0.1, 0.15) is 0 Å². The lowest BCUT2D eigenvalue weighted by Gasteiger charge is -2.40. The molecule has 1 aliphatic heterocycles. The summed E-state index contributed by atoms with van der Waals surface area (Å²) < 4.78 is 24.5. The lowest BCUT2D eigenvalue weighted by molar-refractivity contribution is 0.360. The molecule has 0 amide bonds. The Labute approximate surface area is 60.9 Å². The van der Waals surface area contributed by atoms with E-state index < -0.39 is 10.0 Å². The van der Waals surface area contributed by atoms with Crippen molar-refractivity contribution in [1.82, 2.24) is 4.72 Å². The van der Waals surface area contributed by atoms with E-state index in [1.54, 1.807) is 0 Å². The number of rotatable bonds is 0. The van der Waals surface area contributed by atoms with E-state index in [2.05, 4.69) is 4.72 Å². The predicted octanol–water partition coefficient (Wildman–Crippen LogP) is 0.231. The van der Waals surface area contributed by atoms with Crippen LogP contribution in [0.15, 0.2) is 0 Å². The third-order valence-corrected chi connectivity index (χ3v) is 4.41. The number of hydrogen-bond acceptors (Lipinski definition) is 2. The van der Waals surface area contributed by atoms with Gasteiger partial charge in [0.05, 0.1) is 5.25 Å². The number of nitrogens with one attached hydrogen (secondary N) is 1. The van der Waals surface area contributed by atoms with Gasteiger partial charge in [-0.25, -0.2) is 13.1 Å². The van der Waals surface area contributed by atoms with E-state index >= 15 is 0 Å². The van der Waals surface area contributed by atoms with Crippen LogP contribution >= 0.6 is 0 Å². The fourth-order valence-electron chi connectivity index (χ4n) is 1.83. The molecule has 2 atom stereocenters. The minimum atomic E-state index is -2.83. The normalized spacial score (nSPS) is 43.6. The van der Waals surface area contributed by atoms with Crippen LogP contribution in [-0.4, -0.2) is 19.7 Å². The largest absolute Gasteiger partial charge is 0.216 e. The Morgan fingerprint density at radius 2 is 1.90 bits per heavy atom. The van der Waals surface area contributed by atoms with E-state index in [0.717, 1.165) is 19.3 Å². The monoisotopic (exact) mass is 161 g/mol. The van der Waals surface area contributed by atoms with Gasteiger partial charge in [0.2, 0.25) is 10.0 Å². The third-order valence-electron chi connectivity index (χ3n) is 2.42. The third kappa shape index (κ3) is 0.787. The van der Waals surface area contributed by atoms with E-state index in [0.29, 0.717) is 6.04 Å². The Morgan fingerprint density at radius 3 is 2.40 bits per heavy atom. The molecule has 2 fully saturated rings. The van der Waals surface area contributed by atoms with E-state index in [4.69, 9.17) is 0 Å². The highest BCUT2D eigenvalue weighted by Gasteiger charge is 2.45. The smallest absolute Gasteiger partial charge is 0.212 e. The summed E-state index contributed by atoms with van der Waals surface area (Å²) in [6.45, 7) is 0. The van der Waals surface area contributed by atoms with Gasteiger partial charge in [-0.2, -0.15) is 0 Å². The summed E-state index contributed by atoms with van der Waals surface area (Å²) in [4.78, 5) is 0. The first-order chi connectivity index (χ1) is 4.70.